The van der Waals surface area contributed by atoms with Gasteiger partial charge in [-0.05, 0) is 31.5 Å². The van der Waals surface area contributed by atoms with Crippen molar-refractivity contribution >= 4 is 9.84 Å². The Labute approximate surface area is 97.6 Å². The van der Waals surface area contributed by atoms with Gasteiger partial charge in [0.15, 0.2) is 0 Å². The van der Waals surface area contributed by atoms with Crippen LogP contribution in [-0.4, -0.2) is 31.5 Å². The van der Waals surface area contributed by atoms with Crippen LogP contribution >= 0.6 is 0 Å². The molecule has 0 aliphatic rings. The summed E-state index contributed by atoms with van der Waals surface area (Å²) in [4.78, 5) is 0. The predicted molar refractivity (Wildman–Crippen MR) is 66.1 cm³/mol. The van der Waals surface area contributed by atoms with Crippen molar-refractivity contribution in [2.24, 2.45) is 0 Å². The van der Waals surface area contributed by atoms with Crippen molar-refractivity contribution in [3.63, 3.8) is 0 Å². The summed E-state index contributed by atoms with van der Waals surface area (Å²) in [6.07, 6.45) is 6.10. The lowest BCUT2D eigenvalue weighted by Crippen LogP contribution is -2.17. The predicted octanol–water partition coefficient (Wildman–Crippen LogP) is 1.03. The lowest BCUT2D eigenvalue weighted by Gasteiger charge is -2.02. The Kier molecular flexibility index (Phi) is 5.02. The summed E-state index contributed by atoms with van der Waals surface area (Å²) in [5.74, 6) is 0.260. The summed E-state index contributed by atoms with van der Waals surface area (Å²) >= 11 is 0. The number of nitrogens with zero attached hydrogens (tertiary/aromatic N) is 1. The van der Waals surface area contributed by atoms with Crippen molar-refractivity contribution in [3.05, 3.63) is 24.0 Å². The number of rotatable bonds is 7. The molecular formula is C11H20N2O2S. The van der Waals surface area contributed by atoms with Gasteiger partial charge in [0.25, 0.3) is 0 Å². The van der Waals surface area contributed by atoms with Crippen molar-refractivity contribution in [1.82, 2.24) is 9.88 Å². The van der Waals surface area contributed by atoms with Crippen LogP contribution in [0.5, 0.6) is 0 Å². The topological polar surface area (TPSA) is 51.1 Å². The van der Waals surface area contributed by atoms with E-state index in [1.165, 1.54) is 11.8 Å². The largest absolute Gasteiger partial charge is 0.354 e. The first-order valence-electron chi connectivity index (χ1n) is 5.54. The molecule has 0 fully saturated rings. The van der Waals surface area contributed by atoms with Crippen LogP contribution < -0.4 is 5.32 Å². The fourth-order valence-corrected chi connectivity index (χ4v) is 2.15. The SMILES string of the molecule is CCn1ccc(CNCCCS(C)(=O)=O)c1. The fourth-order valence-electron chi connectivity index (χ4n) is 1.48. The van der Waals surface area contributed by atoms with Gasteiger partial charge in [-0.25, -0.2) is 8.42 Å². The van der Waals surface area contributed by atoms with Crippen LogP contribution in [0.3, 0.4) is 0 Å². The number of hydrogen-bond donors (Lipinski definition) is 1. The Morgan fingerprint density at radius 2 is 2.19 bits per heavy atom. The second-order valence-corrected chi connectivity index (χ2v) is 6.27. The van der Waals surface area contributed by atoms with E-state index in [4.69, 9.17) is 0 Å². The minimum absolute atomic E-state index is 0.260. The van der Waals surface area contributed by atoms with Crippen LogP contribution in [0.1, 0.15) is 18.9 Å². The highest BCUT2D eigenvalue weighted by Gasteiger charge is 2.01. The molecule has 5 heteroatoms. The molecule has 0 aromatic carbocycles. The summed E-state index contributed by atoms with van der Waals surface area (Å²) in [6, 6.07) is 2.08. The van der Waals surface area contributed by atoms with Crippen LogP contribution in [0.15, 0.2) is 18.5 Å². The van der Waals surface area contributed by atoms with E-state index in [1.54, 1.807) is 0 Å². The molecule has 0 aliphatic carbocycles. The summed E-state index contributed by atoms with van der Waals surface area (Å²) in [6.45, 7) is 4.62. The molecule has 0 atom stereocenters. The van der Waals surface area contributed by atoms with Gasteiger partial charge in [-0.2, -0.15) is 0 Å². The molecule has 0 radical (unpaired) electrons. The van der Waals surface area contributed by atoms with Gasteiger partial charge >= 0.3 is 0 Å². The molecule has 0 amide bonds. The van der Waals surface area contributed by atoms with Crippen molar-refractivity contribution in [2.75, 3.05) is 18.6 Å². The molecule has 0 aliphatic heterocycles. The molecule has 4 nitrogen and oxygen atoms in total. The van der Waals surface area contributed by atoms with Crippen LogP contribution in [-0.2, 0) is 22.9 Å². The Morgan fingerprint density at radius 3 is 2.75 bits per heavy atom. The van der Waals surface area contributed by atoms with Crippen molar-refractivity contribution in [1.29, 1.82) is 0 Å². The van der Waals surface area contributed by atoms with Gasteiger partial charge in [-0.15, -0.1) is 0 Å². The fraction of sp³-hybridized carbons (Fsp3) is 0.636. The van der Waals surface area contributed by atoms with E-state index < -0.39 is 9.84 Å². The number of nitrogens with one attached hydrogen (secondary N) is 1. The van der Waals surface area contributed by atoms with E-state index in [0.717, 1.165) is 19.6 Å². The minimum atomic E-state index is -2.81. The second kappa shape index (κ2) is 6.06. The number of aryl methyl sites for hydroxylation is 1. The Morgan fingerprint density at radius 1 is 1.44 bits per heavy atom. The van der Waals surface area contributed by atoms with Crippen LogP contribution in [0, 0.1) is 0 Å². The summed E-state index contributed by atoms with van der Waals surface area (Å²) < 4.78 is 23.9. The Hall–Kier alpha value is -0.810. The van der Waals surface area contributed by atoms with Crippen molar-refractivity contribution in [3.8, 4) is 0 Å². The molecule has 0 unspecified atom stereocenters. The molecule has 0 saturated heterocycles. The van der Waals surface area contributed by atoms with E-state index in [9.17, 15) is 8.42 Å². The molecule has 1 heterocycles. The van der Waals surface area contributed by atoms with Crippen LogP contribution in [0.2, 0.25) is 0 Å². The quantitative estimate of drug-likeness (QED) is 0.729. The lowest BCUT2D eigenvalue weighted by molar-refractivity contribution is 0.594. The zero-order chi connectivity index (χ0) is 12.0. The van der Waals surface area contributed by atoms with Gasteiger partial charge in [-0.3, -0.25) is 0 Å². The molecule has 0 bridgehead atoms. The molecule has 1 N–H and O–H groups in total. The van der Waals surface area contributed by atoms with Crippen molar-refractivity contribution in [2.45, 2.75) is 26.4 Å². The lowest BCUT2D eigenvalue weighted by atomic mass is 10.3. The zero-order valence-corrected chi connectivity index (χ0v) is 10.8. The van der Waals surface area contributed by atoms with E-state index in [-0.39, 0.29) is 5.75 Å². The third kappa shape index (κ3) is 5.32. The first kappa shape index (κ1) is 13.3. The molecule has 1 aromatic rings. The highest BCUT2D eigenvalue weighted by atomic mass is 32.2. The first-order valence-corrected chi connectivity index (χ1v) is 7.60. The molecule has 1 aromatic heterocycles. The van der Waals surface area contributed by atoms with Gasteiger partial charge in [-0.1, -0.05) is 0 Å². The number of hydrogen-bond acceptors (Lipinski definition) is 3. The maximum absolute atomic E-state index is 10.9. The van der Waals surface area contributed by atoms with E-state index >= 15 is 0 Å². The average Bonchev–Trinajstić information content (AvgIpc) is 2.63. The van der Waals surface area contributed by atoms with Gasteiger partial charge in [0, 0.05) is 31.7 Å². The highest BCUT2D eigenvalue weighted by Crippen LogP contribution is 2.00. The van der Waals surface area contributed by atoms with Crippen LogP contribution in [0.25, 0.3) is 0 Å². The summed E-state index contributed by atoms with van der Waals surface area (Å²) in [5.41, 5.74) is 1.24. The average molecular weight is 244 g/mol. The molecule has 0 saturated carbocycles. The first-order chi connectivity index (χ1) is 7.51. The maximum Gasteiger partial charge on any atom is 0.147 e. The zero-order valence-electron chi connectivity index (χ0n) is 9.94. The van der Waals surface area contributed by atoms with Gasteiger partial charge < -0.3 is 9.88 Å². The van der Waals surface area contributed by atoms with Crippen molar-refractivity contribution < 1.29 is 8.42 Å². The normalized spacial score (nSPS) is 11.9. The smallest absolute Gasteiger partial charge is 0.147 e. The highest BCUT2D eigenvalue weighted by molar-refractivity contribution is 7.90. The molecule has 0 spiro atoms. The Bertz CT molecular complexity index is 409. The van der Waals surface area contributed by atoms with Gasteiger partial charge in [0.1, 0.15) is 9.84 Å². The number of sulfone groups is 1. The summed E-state index contributed by atoms with van der Waals surface area (Å²) in [7, 11) is -2.81. The minimum Gasteiger partial charge on any atom is -0.354 e. The Balaban J connectivity index is 2.16. The van der Waals surface area contributed by atoms with Gasteiger partial charge in [0.05, 0.1) is 5.75 Å². The summed E-state index contributed by atoms with van der Waals surface area (Å²) in [5, 5.41) is 3.23. The monoisotopic (exact) mass is 244 g/mol. The number of aromatic nitrogens is 1. The molecular weight excluding hydrogens is 224 g/mol. The van der Waals surface area contributed by atoms with E-state index in [0.29, 0.717) is 6.42 Å². The second-order valence-electron chi connectivity index (χ2n) is 4.01. The third-order valence-electron chi connectivity index (χ3n) is 2.37. The maximum atomic E-state index is 10.9. The molecule has 92 valence electrons. The third-order valence-corrected chi connectivity index (χ3v) is 3.40. The van der Waals surface area contributed by atoms with Crippen LogP contribution in [0.4, 0.5) is 0 Å². The van der Waals surface area contributed by atoms with E-state index in [2.05, 4.69) is 29.1 Å². The molecule has 16 heavy (non-hydrogen) atoms. The standard InChI is InChI=1S/C11H20N2O2S/c1-3-13-7-5-11(10-13)9-12-6-4-8-16(2,14)15/h5,7,10,12H,3-4,6,8-9H2,1-2H3. The van der Waals surface area contributed by atoms with E-state index in [1.807, 2.05) is 6.20 Å². The molecule has 1 rings (SSSR count). The van der Waals surface area contributed by atoms with Gasteiger partial charge in [0.2, 0.25) is 0 Å².